The fourth-order valence-electron chi connectivity index (χ4n) is 1.76. The lowest BCUT2D eigenvalue weighted by atomic mass is 10.2. The third-order valence-electron chi connectivity index (χ3n) is 2.87. The number of hydrogen-bond donors (Lipinski definition) is 2. The molecule has 0 aromatic rings. The van der Waals surface area contributed by atoms with Crippen molar-refractivity contribution < 1.29 is 33.5 Å². The Balaban J connectivity index is 2.69. The molecule has 0 aliphatic carbocycles. The van der Waals surface area contributed by atoms with E-state index in [0.717, 1.165) is 11.8 Å². The first-order valence-corrected chi connectivity index (χ1v) is 9.04. The van der Waals surface area contributed by atoms with Crippen LogP contribution >= 0.6 is 11.8 Å². The van der Waals surface area contributed by atoms with Crippen LogP contribution in [0, 0.1) is 0 Å². The Labute approximate surface area is 155 Å². The number of thioether (sulfide) groups is 1. The highest BCUT2D eigenvalue weighted by Crippen LogP contribution is 2.14. The van der Waals surface area contributed by atoms with E-state index in [0.29, 0.717) is 5.06 Å². The molecule has 10 nitrogen and oxygen atoms in total. The summed E-state index contributed by atoms with van der Waals surface area (Å²) in [5, 5.41) is 5.28. The van der Waals surface area contributed by atoms with Crippen LogP contribution in [-0.2, 0) is 28.8 Å². The van der Waals surface area contributed by atoms with Crippen molar-refractivity contribution in [2.24, 2.45) is 0 Å². The number of amides is 4. The van der Waals surface area contributed by atoms with Gasteiger partial charge in [-0.2, -0.15) is 0 Å². The van der Waals surface area contributed by atoms with Gasteiger partial charge >= 0.3 is 12.1 Å². The number of hydroxylamine groups is 2. The summed E-state index contributed by atoms with van der Waals surface area (Å²) < 4.78 is 5.09. The van der Waals surface area contributed by atoms with E-state index in [1.807, 2.05) is 0 Å². The van der Waals surface area contributed by atoms with Gasteiger partial charge in [0.15, 0.2) is 0 Å². The molecule has 0 bridgehead atoms. The summed E-state index contributed by atoms with van der Waals surface area (Å²) >= 11 is 1.15. The Morgan fingerprint density at radius 3 is 2.27 bits per heavy atom. The predicted molar refractivity (Wildman–Crippen MR) is 91.5 cm³/mol. The van der Waals surface area contributed by atoms with Gasteiger partial charge in [-0.3, -0.25) is 14.4 Å². The van der Waals surface area contributed by atoms with Gasteiger partial charge in [0.25, 0.3) is 11.8 Å². The minimum Gasteiger partial charge on any atom is -0.444 e. The smallest absolute Gasteiger partial charge is 0.408 e. The minimum atomic E-state index is -1.18. The Kier molecular flexibility index (Phi) is 7.87. The average Bonchev–Trinajstić information content (AvgIpc) is 2.80. The molecular formula is C15H23N3O7S. The Morgan fingerprint density at radius 1 is 1.19 bits per heavy atom. The molecule has 11 heteroatoms. The maximum absolute atomic E-state index is 12.3. The molecule has 1 atom stereocenters. The van der Waals surface area contributed by atoms with Gasteiger partial charge in [-0.15, -0.1) is 16.8 Å². The van der Waals surface area contributed by atoms with Gasteiger partial charge < -0.3 is 20.2 Å². The van der Waals surface area contributed by atoms with E-state index in [-0.39, 0.29) is 30.4 Å². The van der Waals surface area contributed by atoms with Gasteiger partial charge in [-0.25, -0.2) is 9.59 Å². The highest BCUT2D eigenvalue weighted by molar-refractivity contribution is 7.99. The van der Waals surface area contributed by atoms with Crippen molar-refractivity contribution in [3.8, 4) is 0 Å². The number of nitrogens with zero attached hydrogens (tertiary/aromatic N) is 1. The number of hydrogen-bond acceptors (Lipinski definition) is 8. The molecule has 0 saturated carbocycles. The van der Waals surface area contributed by atoms with Gasteiger partial charge in [-0.05, 0) is 20.8 Å². The van der Waals surface area contributed by atoms with Crippen LogP contribution in [0.4, 0.5) is 4.79 Å². The molecule has 0 radical (unpaired) electrons. The Bertz CT molecular complexity index is 572. The molecule has 26 heavy (non-hydrogen) atoms. The summed E-state index contributed by atoms with van der Waals surface area (Å²) in [6.07, 6.45) is -0.917. The van der Waals surface area contributed by atoms with E-state index >= 15 is 0 Å². The summed E-state index contributed by atoms with van der Waals surface area (Å²) in [6, 6.07) is -1.18. The second-order valence-corrected chi connectivity index (χ2v) is 7.47. The summed E-state index contributed by atoms with van der Waals surface area (Å²) in [4.78, 5) is 63.0. The molecule has 1 aliphatic rings. The standard InChI is InChI=1S/C15H23N3O7S/c1-9(19)16-8-26-7-10(17-14(23)24-15(2,3)4)13(22)25-18-11(20)5-6-12(18)21/h10H,5-8H2,1-4H3,(H,16,19)(H,17,23)/t10-/m0/s1. The van der Waals surface area contributed by atoms with Gasteiger partial charge in [0.05, 0.1) is 5.88 Å². The number of alkyl carbamates (subject to hydrolysis) is 1. The highest BCUT2D eigenvalue weighted by atomic mass is 32.2. The van der Waals surface area contributed by atoms with Crippen LogP contribution in [0.1, 0.15) is 40.5 Å². The third kappa shape index (κ3) is 7.72. The lowest BCUT2D eigenvalue weighted by Crippen LogP contribution is -2.48. The zero-order chi connectivity index (χ0) is 19.9. The van der Waals surface area contributed by atoms with Crippen molar-refractivity contribution in [3.05, 3.63) is 0 Å². The largest absolute Gasteiger partial charge is 0.444 e. The fourth-order valence-corrected chi connectivity index (χ4v) is 2.64. The number of carbonyl (C=O) groups is 5. The topological polar surface area (TPSA) is 131 Å². The van der Waals surface area contributed by atoms with E-state index < -0.39 is 35.5 Å². The molecule has 1 saturated heterocycles. The van der Waals surface area contributed by atoms with Gasteiger partial charge in [-0.1, -0.05) is 0 Å². The van der Waals surface area contributed by atoms with Crippen molar-refractivity contribution in [2.45, 2.75) is 52.2 Å². The van der Waals surface area contributed by atoms with E-state index in [1.54, 1.807) is 20.8 Å². The molecular weight excluding hydrogens is 366 g/mol. The molecule has 0 aromatic heterocycles. The SMILES string of the molecule is CC(=O)NCSC[C@H](NC(=O)OC(C)(C)C)C(=O)ON1C(=O)CCC1=O. The van der Waals surface area contributed by atoms with E-state index in [2.05, 4.69) is 10.6 Å². The maximum atomic E-state index is 12.3. The zero-order valence-corrected chi connectivity index (χ0v) is 15.9. The maximum Gasteiger partial charge on any atom is 0.408 e. The fraction of sp³-hybridized carbons (Fsp3) is 0.667. The highest BCUT2D eigenvalue weighted by Gasteiger charge is 2.35. The van der Waals surface area contributed by atoms with Crippen molar-refractivity contribution in [2.75, 3.05) is 11.6 Å². The lowest BCUT2D eigenvalue weighted by Gasteiger charge is -2.23. The van der Waals surface area contributed by atoms with E-state index in [4.69, 9.17) is 9.57 Å². The van der Waals surface area contributed by atoms with Crippen LogP contribution < -0.4 is 10.6 Å². The van der Waals surface area contributed by atoms with Crippen LogP contribution in [-0.4, -0.2) is 58.1 Å². The van der Waals surface area contributed by atoms with Crippen molar-refractivity contribution in [1.82, 2.24) is 15.7 Å². The number of carbonyl (C=O) groups excluding carboxylic acids is 5. The Morgan fingerprint density at radius 2 is 1.77 bits per heavy atom. The second-order valence-electron chi connectivity index (χ2n) is 6.44. The lowest BCUT2D eigenvalue weighted by molar-refractivity contribution is -0.198. The molecule has 1 rings (SSSR count). The quantitative estimate of drug-likeness (QED) is 0.361. The van der Waals surface area contributed by atoms with Crippen LogP contribution in [0.5, 0.6) is 0 Å². The van der Waals surface area contributed by atoms with Crippen LogP contribution in [0.3, 0.4) is 0 Å². The summed E-state index contributed by atoms with van der Waals surface area (Å²) in [6.45, 7) is 6.32. The molecule has 0 spiro atoms. The molecule has 0 unspecified atom stereocenters. The zero-order valence-electron chi connectivity index (χ0n) is 15.1. The molecule has 4 amide bonds. The molecule has 1 aliphatic heterocycles. The van der Waals surface area contributed by atoms with Crippen LogP contribution in [0.25, 0.3) is 0 Å². The Hall–Kier alpha value is -2.30. The average molecular weight is 389 g/mol. The van der Waals surface area contributed by atoms with Gasteiger partial charge in [0.1, 0.15) is 11.6 Å². The number of imide groups is 1. The molecule has 1 fully saturated rings. The normalized spacial score (nSPS) is 15.5. The summed E-state index contributed by atoms with van der Waals surface area (Å²) in [7, 11) is 0. The van der Waals surface area contributed by atoms with Gasteiger partial charge in [0, 0.05) is 25.5 Å². The second kappa shape index (κ2) is 9.41. The summed E-state index contributed by atoms with van der Waals surface area (Å²) in [5.41, 5.74) is -0.775. The predicted octanol–water partition coefficient (Wildman–Crippen LogP) is 0.314. The number of rotatable bonds is 7. The first-order chi connectivity index (χ1) is 12.0. The van der Waals surface area contributed by atoms with Gasteiger partial charge in [0.2, 0.25) is 5.91 Å². The molecule has 1 heterocycles. The third-order valence-corrected chi connectivity index (χ3v) is 3.79. The molecule has 146 valence electrons. The number of ether oxygens (including phenoxy) is 1. The van der Waals surface area contributed by atoms with Crippen molar-refractivity contribution >= 4 is 41.5 Å². The molecule has 0 aromatic carbocycles. The van der Waals surface area contributed by atoms with Crippen molar-refractivity contribution in [1.29, 1.82) is 0 Å². The van der Waals surface area contributed by atoms with E-state index in [9.17, 15) is 24.0 Å². The monoisotopic (exact) mass is 389 g/mol. The first kappa shape index (κ1) is 21.7. The number of nitrogens with one attached hydrogen (secondary N) is 2. The van der Waals surface area contributed by atoms with Crippen LogP contribution in [0.15, 0.2) is 0 Å². The van der Waals surface area contributed by atoms with E-state index in [1.165, 1.54) is 6.92 Å². The summed E-state index contributed by atoms with van der Waals surface area (Å²) in [5.74, 6) is -2.22. The van der Waals surface area contributed by atoms with Crippen molar-refractivity contribution in [3.63, 3.8) is 0 Å². The minimum absolute atomic E-state index is 0.0342. The van der Waals surface area contributed by atoms with Crippen LogP contribution in [0.2, 0.25) is 0 Å². The molecule has 2 N–H and O–H groups in total. The first-order valence-electron chi connectivity index (χ1n) is 7.89.